The lowest BCUT2D eigenvalue weighted by atomic mass is 10.1. The Balaban J connectivity index is 2.49. The number of ether oxygens (including phenoxy) is 1. The van der Waals surface area contributed by atoms with Gasteiger partial charge in [0.25, 0.3) is 0 Å². The fraction of sp³-hybridized carbons (Fsp3) is 1.00. The summed E-state index contributed by atoms with van der Waals surface area (Å²) in [5.41, 5.74) is 0. The number of nitrogens with zero attached hydrogens (tertiary/aromatic N) is 1. The number of sulfonamides is 1. The van der Waals surface area contributed by atoms with Crippen LogP contribution in [0, 0.1) is 0 Å². The van der Waals surface area contributed by atoms with Crippen molar-refractivity contribution < 1.29 is 13.2 Å². The molecule has 1 heterocycles. The van der Waals surface area contributed by atoms with E-state index in [1.54, 1.807) is 11.4 Å². The van der Waals surface area contributed by atoms with Crippen molar-refractivity contribution in [3.8, 4) is 0 Å². The fourth-order valence-corrected chi connectivity index (χ4v) is 3.27. The maximum atomic E-state index is 11.7. The lowest BCUT2D eigenvalue weighted by Crippen LogP contribution is -2.41. The average Bonchev–Trinajstić information content (AvgIpc) is 2.18. The second-order valence-corrected chi connectivity index (χ2v) is 5.74. The van der Waals surface area contributed by atoms with Gasteiger partial charge in [0.15, 0.2) is 0 Å². The molecule has 5 heteroatoms. The van der Waals surface area contributed by atoms with Crippen molar-refractivity contribution in [3.05, 3.63) is 0 Å². The Kier molecular flexibility index (Phi) is 4.34. The Morgan fingerprint density at radius 3 is 2.36 bits per heavy atom. The summed E-state index contributed by atoms with van der Waals surface area (Å²) in [6, 6.07) is 0. The lowest BCUT2D eigenvalue weighted by molar-refractivity contribution is 0.0604. The number of hydrogen-bond acceptors (Lipinski definition) is 3. The summed E-state index contributed by atoms with van der Waals surface area (Å²) in [4.78, 5) is 0. The molecular weight excluding hydrogens is 202 g/mol. The van der Waals surface area contributed by atoms with Crippen LogP contribution in [0.4, 0.5) is 0 Å². The van der Waals surface area contributed by atoms with E-state index in [0.717, 1.165) is 12.8 Å². The van der Waals surface area contributed by atoms with Crippen LogP contribution in [0.3, 0.4) is 0 Å². The van der Waals surface area contributed by atoms with Gasteiger partial charge in [0, 0.05) is 20.2 Å². The average molecular weight is 221 g/mol. The zero-order chi connectivity index (χ0) is 10.6. The van der Waals surface area contributed by atoms with E-state index < -0.39 is 10.0 Å². The number of piperidine rings is 1. The minimum Gasteiger partial charge on any atom is -0.381 e. The minimum atomic E-state index is -2.99. The zero-order valence-corrected chi connectivity index (χ0v) is 9.72. The van der Waals surface area contributed by atoms with Gasteiger partial charge in [-0.3, -0.25) is 0 Å². The second-order valence-electron chi connectivity index (χ2n) is 3.65. The van der Waals surface area contributed by atoms with Crippen LogP contribution in [-0.2, 0) is 14.8 Å². The smallest absolute Gasteiger partial charge is 0.214 e. The van der Waals surface area contributed by atoms with E-state index in [1.807, 2.05) is 6.92 Å². The Morgan fingerprint density at radius 2 is 1.93 bits per heavy atom. The predicted molar refractivity (Wildman–Crippen MR) is 55.7 cm³/mol. The van der Waals surface area contributed by atoms with Crippen molar-refractivity contribution >= 4 is 10.0 Å². The minimum absolute atomic E-state index is 0.239. The van der Waals surface area contributed by atoms with Crippen molar-refractivity contribution in [3.63, 3.8) is 0 Å². The molecule has 0 aromatic rings. The highest BCUT2D eigenvalue weighted by Crippen LogP contribution is 2.16. The quantitative estimate of drug-likeness (QED) is 0.706. The summed E-state index contributed by atoms with van der Waals surface area (Å²) < 4.78 is 30.1. The molecule has 0 bridgehead atoms. The summed E-state index contributed by atoms with van der Waals surface area (Å²) in [7, 11) is -1.31. The molecule has 84 valence electrons. The second kappa shape index (κ2) is 5.09. The summed E-state index contributed by atoms with van der Waals surface area (Å²) in [5.74, 6) is 0.269. The number of hydrogen-bond donors (Lipinski definition) is 0. The first-order valence-corrected chi connectivity index (χ1v) is 6.71. The van der Waals surface area contributed by atoms with E-state index >= 15 is 0 Å². The van der Waals surface area contributed by atoms with Crippen molar-refractivity contribution in [2.45, 2.75) is 32.3 Å². The van der Waals surface area contributed by atoms with E-state index in [9.17, 15) is 8.42 Å². The Bertz CT molecular complexity index is 255. The van der Waals surface area contributed by atoms with E-state index in [2.05, 4.69) is 0 Å². The van der Waals surface area contributed by atoms with E-state index in [0.29, 0.717) is 19.5 Å². The van der Waals surface area contributed by atoms with Gasteiger partial charge in [-0.2, -0.15) is 0 Å². The normalized spacial score (nSPS) is 21.3. The number of rotatable bonds is 4. The molecule has 1 rings (SSSR count). The van der Waals surface area contributed by atoms with Crippen molar-refractivity contribution in [2.75, 3.05) is 26.0 Å². The van der Waals surface area contributed by atoms with Crippen LogP contribution < -0.4 is 0 Å². The first-order valence-electron chi connectivity index (χ1n) is 5.10. The maximum Gasteiger partial charge on any atom is 0.214 e. The van der Waals surface area contributed by atoms with Gasteiger partial charge >= 0.3 is 0 Å². The third-order valence-electron chi connectivity index (χ3n) is 2.59. The number of methoxy groups -OCH3 is 1. The van der Waals surface area contributed by atoms with Gasteiger partial charge in [0.1, 0.15) is 0 Å². The summed E-state index contributed by atoms with van der Waals surface area (Å²) in [6.07, 6.45) is 2.56. The van der Waals surface area contributed by atoms with E-state index in [-0.39, 0.29) is 11.9 Å². The van der Waals surface area contributed by atoms with Gasteiger partial charge in [0.2, 0.25) is 10.0 Å². The van der Waals surface area contributed by atoms with Crippen LogP contribution in [-0.4, -0.2) is 44.8 Å². The third kappa shape index (κ3) is 2.93. The molecule has 1 fully saturated rings. The molecule has 0 spiro atoms. The summed E-state index contributed by atoms with van der Waals surface area (Å²) in [5, 5.41) is 0. The third-order valence-corrected chi connectivity index (χ3v) is 4.67. The Hall–Kier alpha value is -0.130. The Labute approximate surface area is 86.3 Å². The predicted octanol–water partition coefficient (Wildman–Crippen LogP) is 0.837. The lowest BCUT2D eigenvalue weighted by Gasteiger charge is -2.30. The van der Waals surface area contributed by atoms with Gasteiger partial charge in [-0.15, -0.1) is 0 Å². The molecule has 0 N–H and O–H groups in total. The van der Waals surface area contributed by atoms with Crippen LogP contribution in [0.2, 0.25) is 0 Å². The van der Waals surface area contributed by atoms with Gasteiger partial charge < -0.3 is 4.74 Å². The molecule has 1 aliphatic heterocycles. The van der Waals surface area contributed by atoms with Crippen LogP contribution in [0.5, 0.6) is 0 Å². The van der Waals surface area contributed by atoms with Crippen molar-refractivity contribution in [2.24, 2.45) is 0 Å². The van der Waals surface area contributed by atoms with Gasteiger partial charge in [-0.05, 0) is 19.3 Å². The molecule has 0 radical (unpaired) electrons. The fourth-order valence-electron chi connectivity index (χ4n) is 1.73. The molecule has 0 aromatic carbocycles. The van der Waals surface area contributed by atoms with Crippen molar-refractivity contribution in [1.29, 1.82) is 0 Å². The van der Waals surface area contributed by atoms with Crippen LogP contribution in [0.15, 0.2) is 0 Å². The Morgan fingerprint density at radius 1 is 1.36 bits per heavy atom. The van der Waals surface area contributed by atoms with Crippen molar-refractivity contribution in [1.82, 2.24) is 4.31 Å². The molecule has 1 aliphatic rings. The van der Waals surface area contributed by atoms with Crippen LogP contribution >= 0.6 is 0 Å². The molecule has 0 aromatic heterocycles. The van der Waals surface area contributed by atoms with Crippen LogP contribution in [0.25, 0.3) is 0 Å². The molecular formula is C9H19NO3S. The first-order chi connectivity index (χ1) is 6.60. The highest BCUT2D eigenvalue weighted by Gasteiger charge is 2.26. The highest BCUT2D eigenvalue weighted by molar-refractivity contribution is 7.89. The molecule has 1 saturated heterocycles. The maximum absolute atomic E-state index is 11.7. The van der Waals surface area contributed by atoms with Gasteiger partial charge in [-0.25, -0.2) is 12.7 Å². The topological polar surface area (TPSA) is 46.6 Å². The molecule has 14 heavy (non-hydrogen) atoms. The highest BCUT2D eigenvalue weighted by atomic mass is 32.2. The molecule has 0 saturated carbocycles. The molecule has 0 aliphatic carbocycles. The van der Waals surface area contributed by atoms with E-state index in [4.69, 9.17) is 4.74 Å². The molecule has 0 unspecified atom stereocenters. The largest absolute Gasteiger partial charge is 0.381 e. The summed E-state index contributed by atoms with van der Waals surface area (Å²) in [6.45, 7) is 3.11. The van der Waals surface area contributed by atoms with Gasteiger partial charge in [-0.1, -0.05) is 6.92 Å². The first kappa shape index (κ1) is 11.9. The van der Waals surface area contributed by atoms with Gasteiger partial charge in [0.05, 0.1) is 11.9 Å². The molecule has 4 nitrogen and oxygen atoms in total. The molecule has 0 atom stereocenters. The van der Waals surface area contributed by atoms with E-state index in [1.165, 1.54) is 0 Å². The molecule has 0 amide bonds. The van der Waals surface area contributed by atoms with Crippen LogP contribution in [0.1, 0.15) is 26.2 Å². The SMILES string of the molecule is CCCS(=O)(=O)N1CCC(OC)CC1. The monoisotopic (exact) mass is 221 g/mol. The summed E-state index contributed by atoms with van der Waals surface area (Å²) >= 11 is 0. The standard InChI is InChI=1S/C9H19NO3S/c1-3-8-14(11,12)10-6-4-9(13-2)5-7-10/h9H,3-8H2,1-2H3. The zero-order valence-electron chi connectivity index (χ0n) is 8.90.